The lowest BCUT2D eigenvalue weighted by Gasteiger charge is -2.03. The molecule has 3 nitrogen and oxygen atoms in total. The minimum atomic E-state index is 0.817. The van der Waals surface area contributed by atoms with E-state index in [1.165, 1.54) is 19.3 Å². The van der Waals surface area contributed by atoms with Crippen LogP contribution in [0.2, 0.25) is 0 Å². The topological polar surface area (TPSA) is 30.7 Å². The minimum Gasteiger partial charge on any atom is -0.252 e. The minimum absolute atomic E-state index is 0.817. The van der Waals surface area contributed by atoms with Gasteiger partial charge in [0.15, 0.2) is 0 Å². The van der Waals surface area contributed by atoms with Gasteiger partial charge in [0.05, 0.1) is 5.69 Å². The molecule has 0 radical (unpaired) electrons. The van der Waals surface area contributed by atoms with Gasteiger partial charge in [0.2, 0.25) is 0 Å². The van der Waals surface area contributed by atoms with Crippen LogP contribution in [0.1, 0.15) is 38.8 Å². The molecule has 0 N–H and O–H groups in total. The summed E-state index contributed by atoms with van der Waals surface area (Å²) in [6.07, 6.45) is 5.81. The van der Waals surface area contributed by atoms with E-state index in [-0.39, 0.29) is 0 Å². The van der Waals surface area contributed by atoms with Gasteiger partial charge in [0.1, 0.15) is 0 Å². The summed E-state index contributed by atoms with van der Waals surface area (Å²) in [5.74, 6) is 0.817. The first kappa shape index (κ1) is 10.2. The zero-order valence-corrected chi connectivity index (χ0v) is 8.82. The van der Waals surface area contributed by atoms with E-state index in [1.54, 1.807) is 0 Å². The van der Waals surface area contributed by atoms with Gasteiger partial charge in [-0.15, -0.1) is 5.10 Å². The maximum atomic E-state index is 4.00. The fraction of sp³-hybridized carbons (Fsp3) is 0.800. The van der Waals surface area contributed by atoms with Crippen molar-refractivity contribution in [2.75, 3.05) is 0 Å². The number of hydrogen-bond acceptors (Lipinski definition) is 2. The maximum absolute atomic E-state index is 4.00. The average molecular weight is 181 g/mol. The van der Waals surface area contributed by atoms with Crippen molar-refractivity contribution in [1.82, 2.24) is 15.0 Å². The molecule has 0 fully saturated rings. The van der Waals surface area contributed by atoms with E-state index in [0.717, 1.165) is 18.2 Å². The highest BCUT2D eigenvalue weighted by atomic mass is 15.4. The van der Waals surface area contributed by atoms with Crippen LogP contribution in [0.15, 0.2) is 6.20 Å². The Kier molecular flexibility index (Phi) is 3.93. The largest absolute Gasteiger partial charge is 0.252 e. The molecule has 0 saturated carbocycles. The van der Waals surface area contributed by atoms with E-state index in [2.05, 4.69) is 24.2 Å². The summed E-state index contributed by atoms with van der Waals surface area (Å²) in [6.45, 7) is 7.50. The van der Waals surface area contributed by atoms with Gasteiger partial charge < -0.3 is 0 Å². The molecule has 0 aliphatic rings. The highest BCUT2D eigenvalue weighted by Gasteiger charge is 1.97. The molecule has 3 heteroatoms. The molecule has 0 aliphatic heterocycles. The van der Waals surface area contributed by atoms with Crippen LogP contribution in [0.3, 0.4) is 0 Å². The van der Waals surface area contributed by atoms with E-state index in [9.17, 15) is 0 Å². The summed E-state index contributed by atoms with van der Waals surface area (Å²) in [5, 5.41) is 7.94. The van der Waals surface area contributed by atoms with Gasteiger partial charge in [-0.2, -0.15) is 0 Å². The lowest BCUT2D eigenvalue weighted by molar-refractivity contribution is 0.485. The van der Waals surface area contributed by atoms with Gasteiger partial charge in [-0.3, -0.25) is 4.68 Å². The smallest absolute Gasteiger partial charge is 0.0796 e. The summed E-state index contributed by atoms with van der Waals surface area (Å²) >= 11 is 0. The Balaban J connectivity index is 2.13. The monoisotopic (exact) mass is 181 g/mol. The molecule has 1 rings (SSSR count). The molecule has 13 heavy (non-hydrogen) atoms. The Bertz CT molecular complexity index is 240. The number of unbranched alkanes of at least 4 members (excludes halogenated alkanes) is 1. The first-order chi connectivity index (χ1) is 6.18. The second-order valence-corrected chi connectivity index (χ2v) is 4.01. The maximum Gasteiger partial charge on any atom is 0.0796 e. The van der Waals surface area contributed by atoms with E-state index in [4.69, 9.17) is 0 Å². The van der Waals surface area contributed by atoms with Crippen LogP contribution >= 0.6 is 0 Å². The molecule has 1 aromatic rings. The van der Waals surface area contributed by atoms with Crippen molar-refractivity contribution >= 4 is 0 Å². The number of aryl methyl sites for hydroxylation is 2. The summed E-state index contributed by atoms with van der Waals surface area (Å²) in [4.78, 5) is 0. The van der Waals surface area contributed by atoms with Crippen molar-refractivity contribution in [1.29, 1.82) is 0 Å². The van der Waals surface area contributed by atoms with Gasteiger partial charge in [-0.1, -0.05) is 31.9 Å². The molecule has 0 aromatic carbocycles. The highest BCUT2D eigenvalue weighted by Crippen LogP contribution is 2.06. The van der Waals surface area contributed by atoms with Crippen LogP contribution in [0, 0.1) is 12.8 Å². The van der Waals surface area contributed by atoms with E-state index in [0.29, 0.717) is 0 Å². The van der Waals surface area contributed by atoms with E-state index >= 15 is 0 Å². The van der Waals surface area contributed by atoms with Crippen molar-refractivity contribution in [2.45, 2.75) is 46.6 Å². The van der Waals surface area contributed by atoms with Crippen molar-refractivity contribution in [2.24, 2.45) is 5.92 Å². The van der Waals surface area contributed by atoms with Crippen molar-refractivity contribution in [3.8, 4) is 0 Å². The molecule has 0 atom stereocenters. The molecule has 0 amide bonds. The molecule has 74 valence electrons. The predicted octanol–water partition coefficient (Wildman–Crippen LogP) is 2.41. The highest BCUT2D eigenvalue weighted by molar-refractivity contribution is 4.86. The summed E-state index contributed by atoms with van der Waals surface area (Å²) < 4.78 is 1.93. The number of rotatable bonds is 5. The lowest BCUT2D eigenvalue weighted by atomic mass is 10.1. The molecule has 0 saturated heterocycles. The van der Waals surface area contributed by atoms with Crippen molar-refractivity contribution < 1.29 is 0 Å². The fourth-order valence-electron chi connectivity index (χ4n) is 1.33. The Morgan fingerprint density at radius 2 is 2.15 bits per heavy atom. The SMILES string of the molecule is Cc1cn(CCCCC(C)C)nn1. The Hall–Kier alpha value is -0.860. The Labute approximate surface area is 80.1 Å². The first-order valence-corrected chi connectivity index (χ1v) is 5.05. The third kappa shape index (κ3) is 4.06. The molecule has 0 unspecified atom stereocenters. The second kappa shape index (κ2) is 5.00. The third-order valence-electron chi connectivity index (χ3n) is 2.07. The average Bonchev–Trinajstić information content (AvgIpc) is 2.45. The normalized spacial score (nSPS) is 11.1. The summed E-state index contributed by atoms with van der Waals surface area (Å²) in [5.41, 5.74) is 1.00. The molecular formula is C10H19N3. The molecule has 0 bridgehead atoms. The zero-order valence-electron chi connectivity index (χ0n) is 8.82. The van der Waals surface area contributed by atoms with Gasteiger partial charge in [0, 0.05) is 12.7 Å². The fourth-order valence-corrected chi connectivity index (χ4v) is 1.33. The molecule has 0 aliphatic carbocycles. The molecular weight excluding hydrogens is 162 g/mol. The van der Waals surface area contributed by atoms with Crippen LogP contribution in [0.25, 0.3) is 0 Å². The van der Waals surface area contributed by atoms with Gasteiger partial charge in [-0.05, 0) is 19.3 Å². The van der Waals surface area contributed by atoms with Crippen LogP contribution in [0.5, 0.6) is 0 Å². The Morgan fingerprint density at radius 3 is 2.69 bits per heavy atom. The first-order valence-electron chi connectivity index (χ1n) is 5.05. The van der Waals surface area contributed by atoms with Gasteiger partial charge in [0.25, 0.3) is 0 Å². The predicted molar refractivity (Wildman–Crippen MR) is 53.4 cm³/mol. The van der Waals surface area contributed by atoms with Crippen LogP contribution in [-0.2, 0) is 6.54 Å². The summed E-state index contributed by atoms with van der Waals surface area (Å²) in [7, 11) is 0. The molecule has 1 aromatic heterocycles. The van der Waals surface area contributed by atoms with Crippen molar-refractivity contribution in [3.63, 3.8) is 0 Å². The van der Waals surface area contributed by atoms with Crippen LogP contribution in [-0.4, -0.2) is 15.0 Å². The summed E-state index contributed by atoms with van der Waals surface area (Å²) in [6, 6.07) is 0. The Morgan fingerprint density at radius 1 is 1.38 bits per heavy atom. The van der Waals surface area contributed by atoms with Crippen LogP contribution in [0.4, 0.5) is 0 Å². The second-order valence-electron chi connectivity index (χ2n) is 4.01. The number of aromatic nitrogens is 3. The standard InChI is InChI=1S/C10H19N3/c1-9(2)6-4-5-7-13-8-10(3)11-12-13/h8-9H,4-7H2,1-3H3. The van der Waals surface area contributed by atoms with E-state index < -0.39 is 0 Å². The number of nitrogens with zero attached hydrogens (tertiary/aromatic N) is 3. The third-order valence-corrected chi connectivity index (χ3v) is 2.07. The molecule has 0 spiro atoms. The van der Waals surface area contributed by atoms with Gasteiger partial charge >= 0.3 is 0 Å². The zero-order chi connectivity index (χ0) is 9.68. The quantitative estimate of drug-likeness (QED) is 0.653. The molecule has 1 heterocycles. The van der Waals surface area contributed by atoms with Crippen molar-refractivity contribution in [3.05, 3.63) is 11.9 Å². The lowest BCUT2D eigenvalue weighted by Crippen LogP contribution is -1.99. The van der Waals surface area contributed by atoms with E-state index in [1.807, 2.05) is 17.8 Å². The van der Waals surface area contributed by atoms with Gasteiger partial charge in [-0.25, -0.2) is 0 Å². The number of hydrogen-bond donors (Lipinski definition) is 0. The van der Waals surface area contributed by atoms with Crippen LogP contribution < -0.4 is 0 Å².